The topological polar surface area (TPSA) is 82.3 Å². The largest absolute Gasteiger partial charge is 0.363 e. The van der Waals surface area contributed by atoms with Crippen molar-refractivity contribution in [3.63, 3.8) is 0 Å². The van der Waals surface area contributed by atoms with E-state index in [9.17, 15) is 9.59 Å². The third kappa shape index (κ3) is 2.42. The van der Waals surface area contributed by atoms with Crippen LogP contribution in [0.2, 0.25) is 0 Å². The van der Waals surface area contributed by atoms with Gasteiger partial charge in [-0.2, -0.15) is 0 Å². The number of hydrogen-bond donors (Lipinski definition) is 1. The Balaban J connectivity index is 1.93. The van der Waals surface area contributed by atoms with Crippen LogP contribution >= 0.6 is 0 Å². The molecule has 27 heavy (non-hydrogen) atoms. The molecule has 0 aliphatic heterocycles. The van der Waals surface area contributed by atoms with Crippen LogP contribution in [0.3, 0.4) is 0 Å². The molecule has 2 aliphatic carbocycles. The number of benzene rings is 1. The molecule has 4 rings (SSSR count). The Morgan fingerprint density at radius 3 is 2.70 bits per heavy atom. The van der Waals surface area contributed by atoms with Gasteiger partial charge >= 0.3 is 0 Å². The minimum Gasteiger partial charge on any atom is -0.363 e. The maximum atomic E-state index is 12.6. The van der Waals surface area contributed by atoms with Gasteiger partial charge in [0.2, 0.25) is 11.6 Å². The zero-order valence-electron chi connectivity index (χ0n) is 15.5. The summed E-state index contributed by atoms with van der Waals surface area (Å²) in [5.41, 5.74) is 7.88. The molecule has 2 aromatic rings. The summed E-state index contributed by atoms with van der Waals surface area (Å²) in [5.74, 6) is -0.383. The van der Waals surface area contributed by atoms with Gasteiger partial charge in [-0.25, -0.2) is 11.6 Å². The predicted octanol–water partition coefficient (Wildman–Crippen LogP) is 2.69. The number of carbonyl (C=O) groups is 2. The lowest BCUT2D eigenvalue weighted by Gasteiger charge is -2.46. The lowest BCUT2D eigenvalue weighted by molar-refractivity contribution is -0.129. The van der Waals surface area contributed by atoms with E-state index < -0.39 is 17.4 Å². The van der Waals surface area contributed by atoms with E-state index in [4.69, 9.17) is 12.3 Å². The number of ketones is 1. The molecule has 1 amide bonds. The van der Waals surface area contributed by atoms with Crippen LogP contribution in [-0.4, -0.2) is 27.3 Å². The first kappa shape index (κ1) is 17.5. The van der Waals surface area contributed by atoms with Crippen LogP contribution in [0.15, 0.2) is 30.3 Å². The molecule has 1 fully saturated rings. The SMILES string of the molecule is [C-]#[N+]C1C[C@]2(C)c3nc(C(N)=O)n(-c4ccccc4)c3CC[C@H]2[C@H](C)C1=O. The molecule has 2 aliphatic rings. The summed E-state index contributed by atoms with van der Waals surface area (Å²) in [6.45, 7) is 11.5. The van der Waals surface area contributed by atoms with E-state index in [0.717, 1.165) is 29.9 Å². The van der Waals surface area contributed by atoms with Crippen molar-refractivity contribution in [3.8, 4) is 5.69 Å². The summed E-state index contributed by atoms with van der Waals surface area (Å²) < 4.78 is 1.85. The second-order valence-corrected chi connectivity index (χ2v) is 7.87. The van der Waals surface area contributed by atoms with Crippen molar-refractivity contribution in [2.45, 2.75) is 44.6 Å². The van der Waals surface area contributed by atoms with Gasteiger partial charge in [-0.05, 0) is 30.9 Å². The number of aromatic nitrogens is 2. The number of primary amides is 1. The fraction of sp³-hybridized carbons (Fsp3) is 0.429. The van der Waals surface area contributed by atoms with Gasteiger partial charge in [0.25, 0.3) is 11.9 Å². The van der Waals surface area contributed by atoms with Crippen LogP contribution < -0.4 is 5.73 Å². The second-order valence-electron chi connectivity index (χ2n) is 7.87. The lowest BCUT2D eigenvalue weighted by Crippen LogP contribution is -2.51. The van der Waals surface area contributed by atoms with Crippen molar-refractivity contribution >= 4 is 11.7 Å². The number of nitrogens with two attached hydrogens (primary N) is 1. The fourth-order valence-corrected chi connectivity index (χ4v) is 5.11. The van der Waals surface area contributed by atoms with Crippen LogP contribution in [0.25, 0.3) is 10.5 Å². The minimum atomic E-state index is -0.647. The monoisotopic (exact) mass is 362 g/mol. The highest BCUT2D eigenvalue weighted by atomic mass is 16.1. The van der Waals surface area contributed by atoms with E-state index in [2.05, 4.69) is 16.8 Å². The Kier molecular flexibility index (Phi) is 3.92. The number of nitrogens with zero attached hydrogens (tertiary/aromatic N) is 3. The van der Waals surface area contributed by atoms with E-state index in [1.54, 1.807) is 0 Å². The molecule has 0 saturated heterocycles. The van der Waals surface area contributed by atoms with Crippen LogP contribution in [0.5, 0.6) is 0 Å². The summed E-state index contributed by atoms with van der Waals surface area (Å²) in [4.78, 5) is 33.0. The van der Waals surface area contributed by atoms with Crippen LogP contribution in [-0.2, 0) is 16.6 Å². The number of carbonyl (C=O) groups excluding carboxylic acids is 2. The summed E-state index contributed by atoms with van der Waals surface area (Å²) in [6, 6.07) is 8.95. The van der Waals surface area contributed by atoms with E-state index in [1.807, 2.05) is 41.8 Å². The van der Waals surface area contributed by atoms with Gasteiger partial charge in [0.1, 0.15) is 0 Å². The number of Topliss-reactive ketones (excluding diaryl/α,β-unsaturated/α-hetero) is 1. The minimum absolute atomic E-state index is 0.0357. The van der Waals surface area contributed by atoms with Crippen LogP contribution in [0, 0.1) is 18.4 Å². The van der Waals surface area contributed by atoms with E-state index in [1.165, 1.54) is 0 Å². The Labute approximate surface area is 158 Å². The first-order chi connectivity index (χ1) is 12.9. The molecule has 1 aromatic carbocycles. The Bertz CT molecular complexity index is 972. The highest BCUT2D eigenvalue weighted by molar-refractivity contribution is 5.91. The average molecular weight is 362 g/mol. The molecule has 2 N–H and O–H groups in total. The highest BCUT2D eigenvalue weighted by Crippen LogP contribution is 2.51. The van der Waals surface area contributed by atoms with Crippen LogP contribution in [0.4, 0.5) is 0 Å². The molecule has 0 spiro atoms. The average Bonchev–Trinajstić information content (AvgIpc) is 3.07. The fourth-order valence-electron chi connectivity index (χ4n) is 5.11. The standard InChI is InChI=1S/C21H22N4O2/c1-12-14-9-10-16-18(21(14,2)11-15(23-3)17(12)26)24-20(19(22)27)25(16)13-7-5-4-6-8-13/h4-8,12,14-15H,9-11H2,1-2H3,(H2,22,27)/t12-,14-,15?,21-/m0/s1. The van der Waals surface area contributed by atoms with E-state index in [-0.39, 0.29) is 23.4 Å². The zero-order valence-corrected chi connectivity index (χ0v) is 15.5. The Morgan fingerprint density at radius 2 is 2.07 bits per heavy atom. The number of imidazole rings is 1. The maximum absolute atomic E-state index is 12.6. The van der Waals surface area contributed by atoms with Crippen molar-refractivity contribution in [1.82, 2.24) is 9.55 Å². The predicted molar refractivity (Wildman–Crippen MR) is 100 cm³/mol. The first-order valence-electron chi connectivity index (χ1n) is 9.26. The van der Waals surface area contributed by atoms with Crippen molar-refractivity contribution in [2.24, 2.45) is 17.6 Å². The van der Waals surface area contributed by atoms with Gasteiger partial charge in [-0.1, -0.05) is 32.0 Å². The lowest BCUT2D eigenvalue weighted by atomic mass is 9.56. The number of amides is 1. The molecule has 6 heteroatoms. The van der Waals surface area contributed by atoms with Gasteiger partial charge in [-0.3, -0.25) is 14.2 Å². The molecule has 1 aromatic heterocycles. The molecule has 6 nitrogen and oxygen atoms in total. The molecule has 1 saturated carbocycles. The molecule has 4 atom stereocenters. The smallest absolute Gasteiger partial charge is 0.285 e. The Hall–Kier alpha value is -2.94. The first-order valence-corrected chi connectivity index (χ1v) is 9.26. The van der Waals surface area contributed by atoms with Gasteiger partial charge in [-0.15, -0.1) is 0 Å². The molecule has 138 valence electrons. The molecule has 1 unspecified atom stereocenters. The maximum Gasteiger partial charge on any atom is 0.285 e. The zero-order chi connectivity index (χ0) is 19.3. The summed E-state index contributed by atoms with van der Waals surface area (Å²) in [5, 5.41) is 0. The normalized spacial score (nSPS) is 29.5. The summed E-state index contributed by atoms with van der Waals surface area (Å²) >= 11 is 0. The van der Waals surface area contributed by atoms with Crippen molar-refractivity contribution < 1.29 is 9.59 Å². The Morgan fingerprint density at radius 1 is 1.37 bits per heavy atom. The van der Waals surface area contributed by atoms with Crippen molar-refractivity contribution in [2.75, 3.05) is 0 Å². The number of rotatable bonds is 2. The second kappa shape index (κ2) is 6.05. The number of fused-ring (bicyclic) bond motifs is 3. The molecular weight excluding hydrogens is 340 g/mol. The van der Waals surface area contributed by atoms with Gasteiger partial charge < -0.3 is 10.6 Å². The summed E-state index contributed by atoms with van der Waals surface area (Å²) in [7, 11) is 0. The third-order valence-corrected chi connectivity index (χ3v) is 6.41. The van der Waals surface area contributed by atoms with Gasteiger partial charge in [0.15, 0.2) is 0 Å². The van der Waals surface area contributed by atoms with E-state index in [0.29, 0.717) is 6.42 Å². The molecular formula is C21H22N4O2. The molecule has 0 bridgehead atoms. The molecule has 1 heterocycles. The van der Waals surface area contributed by atoms with Crippen molar-refractivity contribution in [1.29, 1.82) is 0 Å². The van der Waals surface area contributed by atoms with Gasteiger partial charge in [0.05, 0.1) is 5.69 Å². The number of para-hydroxylation sites is 1. The van der Waals surface area contributed by atoms with E-state index >= 15 is 0 Å². The number of hydrogen-bond acceptors (Lipinski definition) is 3. The highest BCUT2D eigenvalue weighted by Gasteiger charge is 2.56. The van der Waals surface area contributed by atoms with Gasteiger partial charge in [0, 0.05) is 29.1 Å². The van der Waals surface area contributed by atoms with Crippen LogP contribution in [0.1, 0.15) is 48.7 Å². The molecule has 0 radical (unpaired) electrons. The quantitative estimate of drug-likeness (QED) is 0.834. The van der Waals surface area contributed by atoms with Crippen molar-refractivity contribution in [3.05, 3.63) is 59.0 Å². The third-order valence-electron chi connectivity index (χ3n) is 6.41. The summed E-state index contributed by atoms with van der Waals surface area (Å²) in [6.07, 6.45) is 2.00.